The van der Waals surface area contributed by atoms with Crippen LogP contribution in [0.4, 0.5) is 5.69 Å². The molecule has 22 heavy (non-hydrogen) atoms. The molecule has 1 heterocycles. The van der Waals surface area contributed by atoms with Crippen molar-refractivity contribution in [1.82, 2.24) is 9.55 Å². The Kier molecular flexibility index (Phi) is 3.85. The first-order valence-corrected chi connectivity index (χ1v) is 8.87. The van der Waals surface area contributed by atoms with Gasteiger partial charge in [-0.25, -0.2) is 13.4 Å². The third kappa shape index (κ3) is 3.46. The summed E-state index contributed by atoms with van der Waals surface area (Å²) in [6.07, 6.45) is 3.85. The minimum absolute atomic E-state index is 0.531. The van der Waals surface area contributed by atoms with E-state index < -0.39 is 10.0 Å². The van der Waals surface area contributed by atoms with Crippen molar-refractivity contribution >= 4 is 26.7 Å². The second-order valence-electron chi connectivity index (χ2n) is 5.25. The fraction of sp³-hybridized carbons (Fsp3) is 0.188. The van der Waals surface area contributed by atoms with Gasteiger partial charge in [-0.3, -0.25) is 4.72 Å². The van der Waals surface area contributed by atoms with E-state index in [9.17, 15) is 8.42 Å². The SMILES string of the molecule is CS(=O)(=O)Nc1ccc2c(c1)ncn2CCc1ccccc1. The Hall–Kier alpha value is -2.34. The molecule has 0 aliphatic heterocycles. The van der Waals surface area contributed by atoms with E-state index in [-0.39, 0.29) is 0 Å². The quantitative estimate of drug-likeness (QED) is 0.787. The zero-order chi connectivity index (χ0) is 15.6. The molecule has 0 aliphatic carbocycles. The average Bonchev–Trinajstić information content (AvgIpc) is 2.87. The summed E-state index contributed by atoms with van der Waals surface area (Å²) >= 11 is 0. The number of imidazole rings is 1. The van der Waals surface area contributed by atoms with Gasteiger partial charge in [0.2, 0.25) is 10.0 Å². The van der Waals surface area contributed by atoms with Crippen LogP contribution >= 0.6 is 0 Å². The van der Waals surface area contributed by atoms with Crippen LogP contribution in [0, 0.1) is 0 Å². The molecule has 0 amide bonds. The standard InChI is InChI=1S/C16H17N3O2S/c1-22(20,21)18-14-7-8-16-15(11-14)17-12-19(16)10-9-13-5-3-2-4-6-13/h2-8,11-12,18H,9-10H2,1H3. The molecule has 6 heteroatoms. The van der Waals surface area contributed by atoms with Crippen LogP contribution in [-0.2, 0) is 23.0 Å². The average molecular weight is 315 g/mol. The molecule has 3 aromatic rings. The maximum atomic E-state index is 11.3. The topological polar surface area (TPSA) is 64.0 Å². The van der Waals surface area contributed by atoms with Gasteiger partial charge in [0.15, 0.2) is 0 Å². The number of nitrogens with one attached hydrogen (secondary N) is 1. The summed E-state index contributed by atoms with van der Waals surface area (Å²) in [6.45, 7) is 0.833. The molecule has 114 valence electrons. The lowest BCUT2D eigenvalue weighted by Crippen LogP contribution is -2.09. The molecule has 0 atom stereocenters. The fourth-order valence-corrected chi connectivity index (χ4v) is 2.97. The van der Waals surface area contributed by atoms with Crippen LogP contribution in [0.5, 0.6) is 0 Å². The van der Waals surface area contributed by atoms with Gasteiger partial charge in [0.05, 0.1) is 29.3 Å². The maximum absolute atomic E-state index is 11.3. The van der Waals surface area contributed by atoms with Crippen LogP contribution in [-0.4, -0.2) is 24.2 Å². The normalized spacial score (nSPS) is 11.7. The molecular weight excluding hydrogens is 298 g/mol. The molecule has 5 nitrogen and oxygen atoms in total. The lowest BCUT2D eigenvalue weighted by molar-refractivity contribution is 0.607. The highest BCUT2D eigenvalue weighted by molar-refractivity contribution is 7.92. The summed E-state index contributed by atoms with van der Waals surface area (Å²) in [4.78, 5) is 4.35. The summed E-state index contributed by atoms with van der Waals surface area (Å²) in [5, 5.41) is 0. The fourth-order valence-electron chi connectivity index (χ4n) is 2.41. The van der Waals surface area contributed by atoms with Crippen LogP contribution in [0.15, 0.2) is 54.9 Å². The monoisotopic (exact) mass is 315 g/mol. The second kappa shape index (κ2) is 5.81. The van der Waals surface area contributed by atoms with Crippen molar-refractivity contribution in [2.75, 3.05) is 11.0 Å². The molecular formula is C16H17N3O2S. The minimum Gasteiger partial charge on any atom is -0.330 e. The molecule has 1 aromatic heterocycles. The van der Waals surface area contributed by atoms with Gasteiger partial charge >= 0.3 is 0 Å². The highest BCUT2D eigenvalue weighted by Crippen LogP contribution is 2.19. The smallest absolute Gasteiger partial charge is 0.229 e. The molecule has 0 spiro atoms. The number of nitrogens with zero attached hydrogens (tertiary/aromatic N) is 2. The first-order valence-electron chi connectivity index (χ1n) is 6.98. The Balaban J connectivity index is 1.80. The molecule has 1 N–H and O–H groups in total. The third-order valence-electron chi connectivity index (χ3n) is 3.41. The number of aryl methyl sites for hydroxylation is 2. The van der Waals surface area contributed by atoms with Crippen molar-refractivity contribution in [2.45, 2.75) is 13.0 Å². The molecule has 0 unspecified atom stereocenters. The zero-order valence-electron chi connectivity index (χ0n) is 12.2. The van der Waals surface area contributed by atoms with Gasteiger partial charge in [-0.05, 0) is 30.2 Å². The Bertz CT molecular complexity index is 886. The predicted molar refractivity (Wildman–Crippen MR) is 88.3 cm³/mol. The first kappa shape index (κ1) is 14.6. The van der Waals surface area contributed by atoms with Crippen molar-refractivity contribution in [2.24, 2.45) is 0 Å². The molecule has 0 radical (unpaired) electrons. The molecule has 0 fully saturated rings. The summed E-state index contributed by atoms with van der Waals surface area (Å²) < 4.78 is 27.1. The van der Waals surface area contributed by atoms with E-state index in [0.717, 1.165) is 30.3 Å². The molecule has 0 aliphatic rings. The maximum Gasteiger partial charge on any atom is 0.229 e. The number of hydrogen-bond acceptors (Lipinski definition) is 3. The molecule has 0 saturated carbocycles. The third-order valence-corrected chi connectivity index (χ3v) is 4.01. The summed E-state index contributed by atoms with van der Waals surface area (Å²) in [5.41, 5.74) is 3.58. The summed E-state index contributed by atoms with van der Waals surface area (Å²) in [6, 6.07) is 15.7. The lowest BCUT2D eigenvalue weighted by Gasteiger charge is -2.06. The van der Waals surface area contributed by atoms with Gasteiger partial charge in [0.25, 0.3) is 0 Å². The Morgan fingerprint density at radius 3 is 2.64 bits per heavy atom. The molecule has 0 bridgehead atoms. The van der Waals surface area contributed by atoms with E-state index in [1.54, 1.807) is 18.5 Å². The van der Waals surface area contributed by atoms with Crippen molar-refractivity contribution < 1.29 is 8.42 Å². The Morgan fingerprint density at radius 1 is 1.14 bits per heavy atom. The van der Waals surface area contributed by atoms with Gasteiger partial charge in [-0.2, -0.15) is 0 Å². The predicted octanol–water partition coefficient (Wildman–Crippen LogP) is 2.65. The van der Waals surface area contributed by atoms with E-state index in [2.05, 4.69) is 26.4 Å². The van der Waals surface area contributed by atoms with Crippen molar-refractivity contribution in [3.05, 3.63) is 60.4 Å². The van der Waals surface area contributed by atoms with Crippen molar-refractivity contribution in [3.63, 3.8) is 0 Å². The van der Waals surface area contributed by atoms with Gasteiger partial charge in [-0.1, -0.05) is 30.3 Å². The molecule has 2 aromatic carbocycles. The number of sulfonamides is 1. The van der Waals surface area contributed by atoms with Gasteiger partial charge < -0.3 is 4.57 Å². The van der Waals surface area contributed by atoms with E-state index in [1.807, 2.05) is 24.3 Å². The first-order chi connectivity index (χ1) is 10.5. The number of hydrogen-bond donors (Lipinski definition) is 1. The Labute approximate surface area is 129 Å². The van der Waals surface area contributed by atoms with E-state index in [1.165, 1.54) is 5.56 Å². The van der Waals surface area contributed by atoms with E-state index in [4.69, 9.17) is 0 Å². The number of rotatable bonds is 5. The van der Waals surface area contributed by atoms with Crippen molar-refractivity contribution in [3.8, 4) is 0 Å². The Morgan fingerprint density at radius 2 is 1.91 bits per heavy atom. The summed E-state index contributed by atoms with van der Waals surface area (Å²) in [5.74, 6) is 0. The largest absolute Gasteiger partial charge is 0.330 e. The second-order valence-corrected chi connectivity index (χ2v) is 7.00. The minimum atomic E-state index is -3.27. The van der Waals surface area contributed by atoms with Crippen LogP contribution < -0.4 is 4.72 Å². The molecule has 0 saturated heterocycles. The van der Waals surface area contributed by atoms with Crippen LogP contribution in [0.3, 0.4) is 0 Å². The van der Waals surface area contributed by atoms with E-state index in [0.29, 0.717) is 5.69 Å². The van der Waals surface area contributed by atoms with Crippen LogP contribution in [0.1, 0.15) is 5.56 Å². The lowest BCUT2D eigenvalue weighted by atomic mass is 10.1. The van der Waals surface area contributed by atoms with Crippen LogP contribution in [0.25, 0.3) is 11.0 Å². The number of fused-ring (bicyclic) bond motifs is 1. The number of benzene rings is 2. The highest BCUT2D eigenvalue weighted by atomic mass is 32.2. The van der Waals surface area contributed by atoms with Gasteiger partial charge in [0, 0.05) is 6.54 Å². The van der Waals surface area contributed by atoms with E-state index >= 15 is 0 Å². The zero-order valence-corrected chi connectivity index (χ0v) is 13.0. The van der Waals surface area contributed by atoms with Crippen molar-refractivity contribution in [1.29, 1.82) is 0 Å². The molecule has 3 rings (SSSR count). The van der Waals surface area contributed by atoms with Gasteiger partial charge in [0.1, 0.15) is 0 Å². The number of anilines is 1. The highest BCUT2D eigenvalue weighted by Gasteiger charge is 2.06. The van der Waals surface area contributed by atoms with Gasteiger partial charge in [-0.15, -0.1) is 0 Å². The van der Waals surface area contributed by atoms with Crippen LogP contribution in [0.2, 0.25) is 0 Å². The summed E-state index contributed by atoms with van der Waals surface area (Å²) in [7, 11) is -3.27. The number of aromatic nitrogens is 2.